The molecule has 0 amide bonds. The lowest BCUT2D eigenvalue weighted by Gasteiger charge is -2.14. The van der Waals surface area contributed by atoms with Crippen LogP contribution in [-0.4, -0.2) is 35.8 Å². The maximum absolute atomic E-state index is 12.6. The van der Waals surface area contributed by atoms with E-state index in [4.69, 9.17) is 9.47 Å². The molecule has 2 heterocycles. The Hall–Kier alpha value is -5.90. The van der Waals surface area contributed by atoms with E-state index in [2.05, 4.69) is 9.47 Å². The van der Waals surface area contributed by atoms with Gasteiger partial charge in [0.2, 0.25) is 0 Å². The highest BCUT2D eigenvalue weighted by Gasteiger charge is 2.31. The van der Waals surface area contributed by atoms with Crippen LogP contribution in [0.15, 0.2) is 84.9 Å². The van der Waals surface area contributed by atoms with Crippen molar-refractivity contribution in [3.8, 4) is 11.5 Å². The summed E-state index contributed by atoms with van der Waals surface area (Å²) < 4.78 is 19.9. The Morgan fingerprint density at radius 1 is 0.524 bits per heavy atom. The summed E-state index contributed by atoms with van der Waals surface area (Å²) in [7, 11) is 0. The summed E-state index contributed by atoms with van der Waals surface area (Å²) in [4.78, 5) is 71.9. The molecule has 4 aromatic carbocycles. The molecule has 0 saturated heterocycles. The number of ether oxygens (including phenoxy) is 4. The third kappa shape index (κ3) is 4.81. The summed E-state index contributed by atoms with van der Waals surface area (Å²) in [6.07, 6.45) is 0. The topological polar surface area (TPSA) is 139 Å². The number of rotatable bonds is 6. The Balaban J connectivity index is 1.09. The quantitative estimate of drug-likeness (QED) is 0.181. The molecule has 0 aromatic heterocycles. The average molecular weight is 562 g/mol. The van der Waals surface area contributed by atoms with Crippen LogP contribution in [0.5, 0.6) is 11.5 Å². The van der Waals surface area contributed by atoms with Gasteiger partial charge in [-0.25, -0.2) is 28.8 Å². The van der Waals surface area contributed by atoms with Crippen molar-refractivity contribution in [3.63, 3.8) is 0 Å². The smallest absolute Gasteiger partial charge is 0.346 e. The summed E-state index contributed by atoms with van der Waals surface area (Å²) in [6, 6.07) is 21.8. The van der Waals surface area contributed by atoms with Gasteiger partial charge in [-0.2, -0.15) is 0 Å². The van der Waals surface area contributed by atoms with Crippen LogP contribution in [0, 0.1) is 0 Å². The van der Waals surface area contributed by atoms with Gasteiger partial charge in [0.1, 0.15) is 11.5 Å². The van der Waals surface area contributed by atoms with Gasteiger partial charge in [0.15, 0.2) is 0 Å². The average Bonchev–Trinajstić information content (AvgIpc) is 3.45. The Morgan fingerprint density at radius 3 is 1.26 bits per heavy atom. The minimum absolute atomic E-state index is 0.0203. The number of carbonyl (C=O) groups excluding carboxylic acids is 6. The number of fused-ring (bicyclic) bond motifs is 2. The monoisotopic (exact) mass is 562 g/mol. The zero-order valence-electron chi connectivity index (χ0n) is 21.7. The Labute approximate surface area is 237 Å². The van der Waals surface area contributed by atoms with Gasteiger partial charge in [0.05, 0.1) is 33.4 Å². The normalized spacial score (nSPS) is 13.4. The largest absolute Gasteiger partial charge is 0.423 e. The van der Waals surface area contributed by atoms with Gasteiger partial charge in [0.25, 0.3) is 0 Å². The third-order valence-electron chi connectivity index (χ3n) is 6.94. The van der Waals surface area contributed by atoms with Crippen molar-refractivity contribution in [2.24, 2.45) is 0 Å². The molecular formula is C32H18O10. The van der Waals surface area contributed by atoms with Crippen molar-refractivity contribution in [1.82, 2.24) is 0 Å². The molecule has 0 saturated carbocycles. The van der Waals surface area contributed by atoms with Crippen molar-refractivity contribution < 1.29 is 47.7 Å². The molecule has 0 N–H and O–H groups in total. The van der Waals surface area contributed by atoms with E-state index >= 15 is 0 Å². The summed E-state index contributed by atoms with van der Waals surface area (Å²) in [5.74, 6) is -3.96. The van der Waals surface area contributed by atoms with Crippen LogP contribution in [0.2, 0.25) is 0 Å². The van der Waals surface area contributed by atoms with Crippen molar-refractivity contribution >= 4 is 35.8 Å². The standard InChI is InChI=1S/C32H18O10/c1-16(17-2-8-21(9-3-17)39-27(33)19-6-12-23-25(14-19)31(37)41-29(23)35)18-4-10-22(11-5-18)40-28(34)20-7-13-24-26(15-20)32(38)42-30(24)36/h2-16H,1H3. The van der Waals surface area contributed by atoms with E-state index < -0.39 is 35.8 Å². The predicted octanol–water partition coefficient (Wildman–Crippen LogP) is 4.90. The van der Waals surface area contributed by atoms with E-state index in [0.29, 0.717) is 11.5 Å². The first-order chi connectivity index (χ1) is 20.2. The molecule has 10 nitrogen and oxygen atoms in total. The lowest BCUT2D eigenvalue weighted by atomic mass is 9.93. The first-order valence-corrected chi connectivity index (χ1v) is 12.6. The first-order valence-electron chi connectivity index (χ1n) is 12.6. The van der Waals surface area contributed by atoms with Gasteiger partial charge in [-0.3, -0.25) is 0 Å². The molecule has 10 heteroatoms. The molecule has 0 spiro atoms. The maximum Gasteiger partial charge on any atom is 0.346 e. The second-order valence-corrected chi connectivity index (χ2v) is 9.51. The highest BCUT2D eigenvalue weighted by atomic mass is 16.6. The van der Waals surface area contributed by atoms with E-state index in [1.807, 2.05) is 31.2 Å². The molecular weight excluding hydrogens is 544 g/mol. The van der Waals surface area contributed by atoms with E-state index in [1.54, 1.807) is 24.3 Å². The molecule has 2 aliphatic heterocycles. The first kappa shape index (κ1) is 26.3. The fourth-order valence-corrected chi connectivity index (χ4v) is 4.60. The highest BCUT2D eigenvalue weighted by molar-refractivity contribution is 6.16. The van der Waals surface area contributed by atoms with Gasteiger partial charge < -0.3 is 18.9 Å². The van der Waals surface area contributed by atoms with Gasteiger partial charge in [-0.05, 0) is 71.8 Å². The molecule has 4 aromatic rings. The number of esters is 6. The maximum atomic E-state index is 12.6. The van der Waals surface area contributed by atoms with Crippen LogP contribution in [0.25, 0.3) is 0 Å². The number of hydrogen-bond acceptors (Lipinski definition) is 10. The number of cyclic esters (lactones) is 4. The van der Waals surface area contributed by atoms with Crippen LogP contribution in [0.3, 0.4) is 0 Å². The van der Waals surface area contributed by atoms with Crippen LogP contribution < -0.4 is 9.47 Å². The molecule has 42 heavy (non-hydrogen) atoms. The minimum atomic E-state index is -0.805. The van der Waals surface area contributed by atoms with Crippen molar-refractivity contribution in [2.75, 3.05) is 0 Å². The summed E-state index contributed by atoms with van der Waals surface area (Å²) in [5, 5.41) is 0. The summed E-state index contributed by atoms with van der Waals surface area (Å²) in [5.41, 5.74) is 2.31. The predicted molar refractivity (Wildman–Crippen MR) is 143 cm³/mol. The molecule has 6 rings (SSSR count). The van der Waals surface area contributed by atoms with Gasteiger partial charge in [-0.1, -0.05) is 31.2 Å². The number of hydrogen-bond donors (Lipinski definition) is 0. The second kappa shape index (κ2) is 10.3. The molecule has 0 atom stereocenters. The summed E-state index contributed by atoms with van der Waals surface area (Å²) in [6.45, 7) is 1.98. The van der Waals surface area contributed by atoms with Crippen LogP contribution in [0.1, 0.15) is 86.1 Å². The van der Waals surface area contributed by atoms with Crippen LogP contribution in [0.4, 0.5) is 0 Å². The Kier molecular flexibility index (Phi) is 6.43. The van der Waals surface area contributed by atoms with E-state index in [9.17, 15) is 28.8 Å². The number of benzene rings is 4. The number of carbonyl (C=O) groups is 6. The third-order valence-corrected chi connectivity index (χ3v) is 6.94. The van der Waals surface area contributed by atoms with Crippen molar-refractivity contribution in [1.29, 1.82) is 0 Å². The van der Waals surface area contributed by atoms with Crippen LogP contribution in [-0.2, 0) is 9.47 Å². The molecule has 0 fully saturated rings. The SMILES string of the molecule is CC(c1ccc(OC(=O)c2ccc3c(c2)C(=O)OC3=O)cc1)c1ccc(OC(=O)c2ccc3c(c2)C(=O)OC3=O)cc1. The summed E-state index contributed by atoms with van der Waals surface area (Å²) >= 11 is 0. The Bertz CT molecular complexity index is 1700. The minimum Gasteiger partial charge on any atom is -0.423 e. The van der Waals surface area contributed by atoms with E-state index in [-0.39, 0.29) is 39.3 Å². The highest BCUT2D eigenvalue weighted by Crippen LogP contribution is 2.29. The lowest BCUT2D eigenvalue weighted by Crippen LogP contribution is -2.10. The second-order valence-electron chi connectivity index (χ2n) is 9.51. The zero-order chi connectivity index (χ0) is 29.5. The lowest BCUT2D eigenvalue weighted by molar-refractivity contribution is 0.0425. The van der Waals surface area contributed by atoms with Gasteiger partial charge in [-0.15, -0.1) is 0 Å². The van der Waals surface area contributed by atoms with E-state index in [0.717, 1.165) is 11.1 Å². The molecule has 0 radical (unpaired) electrons. The van der Waals surface area contributed by atoms with Crippen molar-refractivity contribution in [2.45, 2.75) is 12.8 Å². The molecule has 0 aliphatic carbocycles. The van der Waals surface area contributed by atoms with Crippen LogP contribution >= 0.6 is 0 Å². The van der Waals surface area contributed by atoms with Crippen molar-refractivity contribution in [3.05, 3.63) is 129 Å². The van der Waals surface area contributed by atoms with Gasteiger partial charge in [0, 0.05) is 5.92 Å². The fraction of sp³-hybridized carbons (Fsp3) is 0.0625. The van der Waals surface area contributed by atoms with Gasteiger partial charge >= 0.3 is 35.8 Å². The Morgan fingerprint density at radius 2 is 0.881 bits per heavy atom. The zero-order valence-corrected chi connectivity index (χ0v) is 21.7. The molecule has 2 aliphatic rings. The van der Waals surface area contributed by atoms with E-state index in [1.165, 1.54) is 36.4 Å². The fourth-order valence-electron chi connectivity index (χ4n) is 4.60. The molecule has 0 bridgehead atoms. The molecule has 206 valence electrons. The molecule has 0 unspecified atom stereocenters.